The Morgan fingerprint density at radius 2 is 1.90 bits per heavy atom. The highest BCUT2D eigenvalue weighted by atomic mass is 127. The highest BCUT2D eigenvalue weighted by molar-refractivity contribution is 14.1. The van der Waals surface area contributed by atoms with Gasteiger partial charge in [0.05, 0.1) is 17.6 Å². The lowest BCUT2D eigenvalue weighted by atomic mass is 9.69. The summed E-state index contributed by atoms with van der Waals surface area (Å²) in [6, 6.07) is 14.4. The predicted octanol–water partition coefficient (Wildman–Crippen LogP) is 5.60. The maximum Gasteiger partial charge on any atom is 0.162 e. The molecular formula is C23H22IN3OS. The molecule has 148 valence electrons. The summed E-state index contributed by atoms with van der Waals surface area (Å²) in [7, 11) is 0. The van der Waals surface area contributed by atoms with E-state index in [1.807, 2.05) is 48.2 Å². The van der Waals surface area contributed by atoms with Crippen LogP contribution in [0.2, 0.25) is 0 Å². The molecule has 0 bridgehead atoms. The number of rotatable bonds is 2. The van der Waals surface area contributed by atoms with Crippen LogP contribution in [0.25, 0.3) is 0 Å². The van der Waals surface area contributed by atoms with Gasteiger partial charge in [-0.3, -0.25) is 9.69 Å². The minimum absolute atomic E-state index is 0.114. The van der Waals surface area contributed by atoms with E-state index in [1.165, 1.54) is 0 Å². The van der Waals surface area contributed by atoms with E-state index in [2.05, 4.69) is 42.5 Å². The fourth-order valence-corrected chi connectivity index (χ4v) is 5.64. The van der Waals surface area contributed by atoms with Crippen molar-refractivity contribution in [2.75, 3.05) is 4.90 Å². The van der Waals surface area contributed by atoms with Gasteiger partial charge < -0.3 is 5.73 Å². The Balaban J connectivity index is 1.99. The number of hydrogen-bond donors (Lipinski definition) is 1. The van der Waals surface area contributed by atoms with Crippen LogP contribution in [0.5, 0.6) is 0 Å². The SMILES string of the molecule is Cc1ccc(C2C(C#N)=C(N)N(c3ccc(I)cc3)C3=C2C(=O)CC(C)(C)C3)s1. The monoisotopic (exact) mass is 515 g/mol. The standard InChI is InChI=1S/C23H22IN3OS/c1-13-4-9-19(29-13)20-16(12-25)22(26)27(15-7-5-14(24)6-8-15)17-10-23(2,3)11-18(28)21(17)20/h4-9,20H,10-11,26H2,1-3H3. The van der Waals surface area contributed by atoms with Gasteiger partial charge in [-0.15, -0.1) is 11.3 Å². The van der Waals surface area contributed by atoms with Gasteiger partial charge in [0.15, 0.2) is 5.78 Å². The summed E-state index contributed by atoms with van der Waals surface area (Å²) >= 11 is 3.89. The van der Waals surface area contributed by atoms with Crippen molar-refractivity contribution in [2.45, 2.75) is 39.5 Å². The molecule has 1 atom stereocenters. The Labute approximate surface area is 188 Å². The molecule has 1 aliphatic heterocycles. The molecule has 0 fully saturated rings. The Morgan fingerprint density at radius 1 is 1.21 bits per heavy atom. The lowest BCUT2D eigenvalue weighted by Gasteiger charge is -2.43. The second-order valence-corrected chi connectivity index (χ2v) is 11.0. The number of halogens is 1. The lowest BCUT2D eigenvalue weighted by Crippen LogP contribution is -2.42. The van der Waals surface area contributed by atoms with Crippen molar-refractivity contribution < 1.29 is 4.79 Å². The van der Waals surface area contributed by atoms with Gasteiger partial charge in [0.1, 0.15) is 5.82 Å². The Hall–Kier alpha value is -2.11. The normalized spacial score (nSPS) is 21.3. The Morgan fingerprint density at radius 3 is 2.48 bits per heavy atom. The third-order valence-corrected chi connectivity index (χ3v) is 7.30. The number of benzene rings is 1. The smallest absolute Gasteiger partial charge is 0.162 e. The lowest BCUT2D eigenvalue weighted by molar-refractivity contribution is -0.118. The minimum Gasteiger partial charge on any atom is -0.384 e. The molecule has 0 radical (unpaired) electrons. The fourth-order valence-electron chi connectivity index (χ4n) is 4.29. The zero-order valence-electron chi connectivity index (χ0n) is 16.6. The zero-order chi connectivity index (χ0) is 20.9. The van der Waals surface area contributed by atoms with Gasteiger partial charge in [0.2, 0.25) is 0 Å². The van der Waals surface area contributed by atoms with Crippen molar-refractivity contribution in [3.05, 3.63) is 72.4 Å². The maximum atomic E-state index is 13.4. The van der Waals surface area contributed by atoms with Crippen molar-refractivity contribution in [1.82, 2.24) is 0 Å². The summed E-state index contributed by atoms with van der Waals surface area (Å²) in [5, 5.41) is 10.0. The second-order valence-electron chi connectivity index (χ2n) is 8.41. The first-order valence-electron chi connectivity index (χ1n) is 9.50. The molecule has 1 unspecified atom stereocenters. The van der Waals surface area contributed by atoms with Crippen LogP contribution in [-0.2, 0) is 4.79 Å². The number of anilines is 1. The van der Waals surface area contributed by atoms with E-state index in [-0.39, 0.29) is 17.1 Å². The highest BCUT2D eigenvalue weighted by Gasteiger charge is 2.45. The number of nitriles is 1. The Bertz CT molecular complexity index is 1100. The van der Waals surface area contributed by atoms with Gasteiger partial charge in [0.25, 0.3) is 0 Å². The third kappa shape index (κ3) is 3.51. The number of carbonyl (C=O) groups is 1. The molecule has 2 aromatic rings. The Kier molecular flexibility index (Phi) is 5.07. The van der Waals surface area contributed by atoms with Crippen LogP contribution in [0.4, 0.5) is 5.69 Å². The number of nitrogens with zero attached hydrogens (tertiary/aromatic N) is 2. The van der Waals surface area contributed by atoms with Crippen molar-refractivity contribution >= 4 is 45.4 Å². The van der Waals surface area contributed by atoms with E-state index < -0.39 is 0 Å². The number of ketones is 1. The van der Waals surface area contributed by atoms with E-state index >= 15 is 0 Å². The minimum atomic E-state index is -0.377. The number of Topliss-reactive ketones (excluding diaryl/α,β-unsaturated/α-hetero) is 1. The first kappa shape index (κ1) is 20.2. The molecule has 29 heavy (non-hydrogen) atoms. The molecule has 2 heterocycles. The van der Waals surface area contributed by atoms with Gasteiger partial charge in [0, 0.05) is 36.7 Å². The number of nitrogens with two attached hydrogens (primary N) is 1. The molecule has 0 amide bonds. The summed E-state index contributed by atoms with van der Waals surface area (Å²) in [5.41, 5.74) is 9.47. The van der Waals surface area contributed by atoms with Gasteiger partial charge >= 0.3 is 0 Å². The number of thiophene rings is 1. The van der Waals surface area contributed by atoms with E-state index in [1.54, 1.807) is 11.3 Å². The molecule has 4 rings (SSSR count). The quantitative estimate of drug-likeness (QED) is 0.529. The summed E-state index contributed by atoms with van der Waals surface area (Å²) in [5.74, 6) is 0.162. The number of hydrogen-bond acceptors (Lipinski definition) is 5. The number of carbonyl (C=O) groups excluding carboxylic acids is 1. The van der Waals surface area contributed by atoms with Gasteiger partial charge in [-0.25, -0.2) is 0 Å². The molecule has 1 aliphatic carbocycles. The first-order valence-corrected chi connectivity index (χ1v) is 11.4. The average molecular weight is 515 g/mol. The van der Waals surface area contributed by atoms with Gasteiger partial charge in [-0.2, -0.15) is 5.26 Å². The van der Waals surface area contributed by atoms with Crippen LogP contribution in [0.3, 0.4) is 0 Å². The van der Waals surface area contributed by atoms with E-state index in [4.69, 9.17) is 5.73 Å². The molecule has 1 aromatic carbocycles. The topological polar surface area (TPSA) is 70.1 Å². The molecule has 0 saturated heterocycles. The van der Waals surface area contributed by atoms with E-state index in [0.29, 0.717) is 17.8 Å². The van der Waals surface area contributed by atoms with Crippen molar-refractivity contribution in [2.24, 2.45) is 11.1 Å². The molecule has 0 saturated carbocycles. The van der Waals surface area contributed by atoms with Crippen molar-refractivity contribution in [3.8, 4) is 6.07 Å². The fraction of sp³-hybridized carbons (Fsp3) is 0.304. The number of aryl methyl sites for hydroxylation is 1. The van der Waals surface area contributed by atoms with E-state index in [9.17, 15) is 10.1 Å². The molecule has 2 aliphatic rings. The van der Waals surface area contributed by atoms with Crippen LogP contribution in [0.1, 0.15) is 42.4 Å². The molecular weight excluding hydrogens is 493 g/mol. The predicted molar refractivity (Wildman–Crippen MR) is 125 cm³/mol. The summed E-state index contributed by atoms with van der Waals surface area (Å²) in [4.78, 5) is 17.5. The summed E-state index contributed by atoms with van der Waals surface area (Å²) < 4.78 is 1.12. The van der Waals surface area contributed by atoms with Crippen LogP contribution < -0.4 is 10.6 Å². The molecule has 1 aromatic heterocycles. The average Bonchev–Trinajstić information content (AvgIpc) is 3.07. The second kappa shape index (κ2) is 7.29. The van der Waals surface area contributed by atoms with Crippen LogP contribution in [0.15, 0.2) is 59.1 Å². The molecule has 2 N–H and O–H groups in total. The summed E-state index contributed by atoms with van der Waals surface area (Å²) in [6.07, 6.45) is 1.21. The van der Waals surface area contributed by atoms with Gasteiger partial charge in [-0.1, -0.05) is 13.8 Å². The third-order valence-electron chi connectivity index (χ3n) is 5.51. The maximum absolute atomic E-state index is 13.4. The van der Waals surface area contributed by atoms with Crippen LogP contribution in [0, 0.1) is 27.2 Å². The molecule has 4 nitrogen and oxygen atoms in total. The molecule has 0 spiro atoms. The number of allylic oxidation sites excluding steroid dienone is 3. The highest BCUT2D eigenvalue weighted by Crippen LogP contribution is 2.51. The van der Waals surface area contributed by atoms with Crippen LogP contribution in [-0.4, -0.2) is 5.78 Å². The molecule has 6 heteroatoms. The van der Waals surface area contributed by atoms with Crippen molar-refractivity contribution in [1.29, 1.82) is 5.26 Å². The van der Waals surface area contributed by atoms with Crippen molar-refractivity contribution in [3.63, 3.8) is 0 Å². The van der Waals surface area contributed by atoms with Gasteiger partial charge in [-0.05, 0) is 77.7 Å². The van der Waals surface area contributed by atoms with E-state index in [0.717, 1.165) is 36.7 Å². The zero-order valence-corrected chi connectivity index (χ0v) is 19.6. The summed E-state index contributed by atoms with van der Waals surface area (Å²) in [6.45, 7) is 6.27. The van der Waals surface area contributed by atoms with Crippen LogP contribution >= 0.6 is 33.9 Å². The first-order chi connectivity index (χ1) is 13.7. The largest absolute Gasteiger partial charge is 0.384 e.